The van der Waals surface area contributed by atoms with Crippen molar-refractivity contribution in [1.29, 1.82) is 0 Å². The van der Waals surface area contributed by atoms with Gasteiger partial charge in [-0.15, -0.1) is 10.2 Å². The predicted molar refractivity (Wildman–Crippen MR) is 63.3 cm³/mol. The van der Waals surface area contributed by atoms with Gasteiger partial charge in [0.05, 0.1) is 0 Å². The SMILES string of the molecule is Cc1cccc(Oc2cc(Cl)nnc2Cl)c1. The van der Waals surface area contributed by atoms with Crippen LogP contribution in [0.15, 0.2) is 30.3 Å². The first-order chi connectivity index (χ1) is 7.65. The molecule has 0 aliphatic heterocycles. The largest absolute Gasteiger partial charge is 0.454 e. The normalized spacial score (nSPS) is 10.2. The van der Waals surface area contributed by atoms with Crippen LogP contribution in [0.2, 0.25) is 10.3 Å². The van der Waals surface area contributed by atoms with Gasteiger partial charge in [0.25, 0.3) is 0 Å². The van der Waals surface area contributed by atoms with E-state index in [2.05, 4.69) is 10.2 Å². The molecule has 0 spiro atoms. The topological polar surface area (TPSA) is 35.0 Å². The van der Waals surface area contributed by atoms with E-state index in [0.717, 1.165) is 5.56 Å². The molecule has 1 aromatic heterocycles. The maximum absolute atomic E-state index is 5.83. The van der Waals surface area contributed by atoms with Crippen LogP contribution in [-0.4, -0.2) is 10.2 Å². The molecule has 16 heavy (non-hydrogen) atoms. The van der Waals surface area contributed by atoms with Crippen molar-refractivity contribution < 1.29 is 4.74 Å². The van der Waals surface area contributed by atoms with Crippen LogP contribution >= 0.6 is 23.2 Å². The van der Waals surface area contributed by atoms with Crippen LogP contribution in [0.1, 0.15) is 5.56 Å². The first-order valence-electron chi connectivity index (χ1n) is 4.58. The highest BCUT2D eigenvalue weighted by Gasteiger charge is 2.06. The van der Waals surface area contributed by atoms with Crippen LogP contribution in [0.25, 0.3) is 0 Å². The molecule has 0 amide bonds. The van der Waals surface area contributed by atoms with Gasteiger partial charge in [-0.25, -0.2) is 0 Å². The van der Waals surface area contributed by atoms with Crippen LogP contribution in [0.3, 0.4) is 0 Å². The van der Waals surface area contributed by atoms with Gasteiger partial charge in [0, 0.05) is 6.07 Å². The predicted octanol–water partition coefficient (Wildman–Crippen LogP) is 3.88. The van der Waals surface area contributed by atoms with Crippen molar-refractivity contribution in [1.82, 2.24) is 10.2 Å². The minimum Gasteiger partial charge on any atom is -0.454 e. The summed E-state index contributed by atoms with van der Waals surface area (Å²) >= 11 is 11.5. The monoisotopic (exact) mass is 254 g/mol. The van der Waals surface area contributed by atoms with Crippen molar-refractivity contribution in [2.75, 3.05) is 0 Å². The number of hydrogen-bond acceptors (Lipinski definition) is 3. The molecular weight excluding hydrogens is 247 g/mol. The van der Waals surface area contributed by atoms with Crippen molar-refractivity contribution in [2.45, 2.75) is 6.92 Å². The third kappa shape index (κ3) is 2.62. The first kappa shape index (κ1) is 11.2. The molecule has 82 valence electrons. The average Bonchev–Trinajstić information content (AvgIpc) is 2.24. The van der Waals surface area contributed by atoms with E-state index < -0.39 is 0 Å². The lowest BCUT2D eigenvalue weighted by Crippen LogP contribution is -1.90. The summed E-state index contributed by atoms with van der Waals surface area (Å²) in [5.41, 5.74) is 1.10. The molecular formula is C11H8Cl2N2O. The van der Waals surface area contributed by atoms with Gasteiger partial charge in [0.15, 0.2) is 16.1 Å². The molecule has 5 heteroatoms. The molecule has 0 bridgehead atoms. The van der Waals surface area contributed by atoms with Crippen molar-refractivity contribution in [3.05, 3.63) is 46.2 Å². The van der Waals surface area contributed by atoms with E-state index in [1.165, 1.54) is 6.07 Å². The Bertz CT molecular complexity index is 517. The third-order valence-corrected chi connectivity index (χ3v) is 2.35. The summed E-state index contributed by atoms with van der Waals surface area (Å²) in [5.74, 6) is 1.08. The molecule has 0 saturated carbocycles. The van der Waals surface area contributed by atoms with E-state index in [1.54, 1.807) is 0 Å². The number of aryl methyl sites for hydroxylation is 1. The van der Waals surface area contributed by atoms with Gasteiger partial charge in [-0.05, 0) is 24.6 Å². The van der Waals surface area contributed by atoms with E-state index in [0.29, 0.717) is 11.5 Å². The summed E-state index contributed by atoms with van der Waals surface area (Å²) in [6.07, 6.45) is 0. The molecule has 0 radical (unpaired) electrons. The van der Waals surface area contributed by atoms with Gasteiger partial charge < -0.3 is 4.74 Å². The molecule has 0 aliphatic carbocycles. The standard InChI is InChI=1S/C11H8Cl2N2O/c1-7-3-2-4-8(5-7)16-9-6-10(12)14-15-11(9)13/h2-6H,1H3. The number of benzene rings is 1. The molecule has 0 fully saturated rings. The second-order valence-electron chi connectivity index (χ2n) is 3.24. The van der Waals surface area contributed by atoms with Crippen LogP contribution in [0.5, 0.6) is 11.5 Å². The van der Waals surface area contributed by atoms with E-state index in [-0.39, 0.29) is 10.3 Å². The summed E-state index contributed by atoms with van der Waals surface area (Å²) in [5, 5.41) is 7.69. The molecule has 1 aromatic carbocycles. The maximum Gasteiger partial charge on any atom is 0.194 e. The maximum atomic E-state index is 5.83. The Morgan fingerprint density at radius 2 is 1.94 bits per heavy atom. The molecule has 1 heterocycles. The van der Waals surface area contributed by atoms with Gasteiger partial charge in [-0.2, -0.15) is 0 Å². The molecule has 0 saturated heterocycles. The minimum absolute atomic E-state index is 0.186. The number of hydrogen-bond donors (Lipinski definition) is 0. The van der Waals surface area contributed by atoms with E-state index in [4.69, 9.17) is 27.9 Å². The fourth-order valence-electron chi connectivity index (χ4n) is 1.21. The number of ether oxygens (including phenoxy) is 1. The molecule has 0 aliphatic rings. The smallest absolute Gasteiger partial charge is 0.194 e. The van der Waals surface area contributed by atoms with Crippen LogP contribution < -0.4 is 4.74 Å². The molecule has 2 rings (SSSR count). The minimum atomic E-state index is 0.186. The van der Waals surface area contributed by atoms with Crippen LogP contribution in [-0.2, 0) is 0 Å². The highest BCUT2D eigenvalue weighted by molar-refractivity contribution is 6.32. The van der Waals surface area contributed by atoms with Gasteiger partial charge >= 0.3 is 0 Å². The average molecular weight is 255 g/mol. The summed E-state index contributed by atoms with van der Waals surface area (Å²) in [6, 6.07) is 9.13. The van der Waals surface area contributed by atoms with E-state index in [9.17, 15) is 0 Å². The lowest BCUT2D eigenvalue weighted by molar-refractivity contribution is 0.478. The van der Waals surface area contributed by atoms with Gasteiger partial charge in [-0.1, -0.05) is 35.3 Å². The zero-order valence-electron chi connectivity index (χ0n) is 8.45. The second-order valence-corrected chi connectivity index (χ2v) is 3.99. The second kappa shape index (κ2) is 4.68. The Morgan fingerprint density at radius 3 is 2.69 bits per heavy atom. The summed E-state index contributed by atoms with van der Waals surface area (Å²) in [4.78, 5) is 0. The Morgan fingerprint density at radius 1 is 1.12 bits per heavy atom. The van der Waals surface area contributed by atoms with Crippen molar-refractivity contribution >= 4 is 23.2 Å². The zero-order valence-corrected chi connectivity index (χ0v) is 9.96. The molecule has 0 unspecified atom stereocenters. The number of nitrogens with zero attached hydrogens (tertiary/aromatic N) is 2. The van der Waals surface area contributed by atoms with E-state index in [1.807, 2.05) is 31.2 Å². The number of halogens is 2. The Labute approximate surface area is 103 Å². The Balaban J connectivity index is 2.30. The fraction of sp³-hybridized carbons (Fsp3) is 0.0909. The van der Waals surface area contributed by atoms with Crippen LogP contribution in [0, 0.1) is 6.92 Å². The lowest BCUT2D eigenvalue weighted by atomic mass is 10.2. The summed E-state index contributed by atoms with van der Waals surface area (Å²) in [6.45, 7) is 1.98. The highest BCUT2D eigenvalue weighted by Crippen LogP contribution is 2.28. The summed E-state index contributed by atoms with van der Waals surface area (Å²) in [7, 11) is 0. The first-order valence-corrected chi connectivity index (χ1v) is 5.34. The summed E-state index contributed by atoms with van der Waals surface area (Å²) < 4.78 is 5.55. The molecule has 3 nitrogen and oxygen atoms in total. The van der Waals surface area contributed by atoms with Gasteiger partial charge in [-0.3, -0.25) is 0 Å². The van der Waals surface area contributed by atoms with Gasteiger partial charge in [0.2, 0.25) is 0 Å². The van der Waals surface area contributed by atoms with Crippen molar-refractivity contribution in [3.8, 4) is 11.5 Å². The van der Waals surface area contributed by atoms with Gasteiger partial charge in [0.1, 0.15) is 5.75 Å². The van der Waals surface area contributed by atoms with E-state index >= 15 is 0 Å². The lowest BCUT2D eigenvalue weighted by Gasteiger charge is -2.06. The third-order valence-electron chi connectivity index (χ3n) is 1.90. The fourth-order valence-corrected chi connectivity index (χ4v) is 1.48. The van der Waals surface area contributed by atoms with Crippen LogP contribution in [0.4, 0.5) is 0 Å². The Kier molecular flexibility index (Phi) is 3.27. The highest BCUT2D eigenvalue weighted by atomic mass is 35.5. The molecule has 0 N–H and O–H groups in total. The van der Waals surface area contributed by atoms with Crippen molar-refractivity contribution in [2.24, 2.45) is 0 Å². The molecule has 2 aromatic rings. The number of rotatable bonds is 2. The number of aromatic nitrogens is 2. The Hall–Kier alpha value is -1.32. The quantitative estimate of drug-likeness (QED) is 0.816. The zero-order chi connectivity index (χ0) is 11.5. The van der Waals surface area contributed by atoms with Crippen molar-refractivity contribution in [3.63, 3.8) is 0 Å². The molecule has 0 atom stereocenters.